The lowest BCUT2D eigenvalue weighted by Gasteiger charge is -2.28. The van der Waals surface area contributed by atoms with Gasteiger partial charge < -0.3 is 9.64 Å². The minimum absolute atomic E-state index is 0.295. The number of aromatic nitrogens is 3. The van der Waals surface area contributed by atoms with Gasteiger partial charge in [-0.15, -0.1) is 0 Å². The first-order valence-corrected chi connectivity index (χ1v) is 8.22. The van der Waals surface area contributed by atoms with Gasteiger partial charge in [0.05, 0.1) is 12.8 Å². The van der Waals surface area contributed by atoms with Gasteiger partial charge >= 0.3 is 5.76 Å². The van der Waals surface area contributed by atoms with Crippen molar-refractivity contribution in [2.75, 3.05) is 26.2 Å². The number of aromatic amines is 1. The summed E-state index contributed by atoms with van der Waals surface area (Å²) in [6.07, 6.45) is 4.26. The number of pyridine rings is 1. The molecule has 0 atom stereocenters. The van der Waals surface area contributed by atoms with Crippen LogP contribution in [0.15, 0.2) is 27.6 Å². The van der Waals surface area contributed by atoms with E-state index in [0.29, 0.717) is 36.7 Å². The topological polar surface area (TPSA) is 84.3 Å². The molecule has 0 saturated carbocycles. The van der Waals surface area contributed by atoms with Crippen molar-refractivity contribution in [2.24, 2.45) is 0 Å². The molecule has 1 aliphatic heterocycles. The lowest BCUT2D eigenvalue weighted by molar-refractivity contribution is 0.147. The molecule has 8 heteroatoms. The van der Waals surface area contributed by atoms with Crippen LogP contribution >= 0.6 is 0 Å². The molecule has 1 fully saturated rings. The summed E-state index contributed by atoms with van der Waals surface area (Å²) < 4.78 is 23.1. The van der Waals surface area contributed by atoms with Crippen molar-refractivity contribution in [3.63, 3.8) is 0 Å². The Kier molecular flexibility index (Phi) is 5.58. The fraction of sp³-hybridized carbons (Fsp3) is 0.562. The van der Waals surface area contributed by atoms with Crippen LogP contribution in [0.25, 0.3) is 11.5 Å². The maximum Gasteiger partial charge on any atom is 0.439 e. The molecule has 0 unspecified atom stereocenters. The average Bonchev–Trinajstić information content (AvgIpc) is 3.03. The number of likely N-dealkylation sites (tertiary alicyclic amines) is 1. The highest BCUT2D eigenvalue weighted by Gasteiger charge is 2.17. The molecule has 0 spiro atoms. The van der Waals surface area contributed by atoms with Crippen LogP contribution < -0.4 is 10.5 Å². The fourth-order valence-electron chi connectivity index (χ4n) is 2.70. The summed E-state index contributed by atoms with van der Waals surface area (Å²) in [7, 11) is 0. The zero-order chi connectivity index (χ0) is 16.8. The molecule has 0 aliphatic carbocycles. The van der Waals surface area contributed by atoms with Crippen molar-refractivity contribution in [2.45, 2.75) is 31.9 Å². The van der Waals surface area contributed by atoms with E-state index in [1.165, 1.54) is 0 Å². The second-order valence-electron chi connectivity index (χ2n) is 5.89. The van der Waals surface area contributed by atoms with Crippen molar-refractivity contribution in [3.8, 4) is 17.3 Å². The van der Waals surface area contributed by atoms with E-state index in [1.54, 1.807) is 18.3 Å². The van der Waals surface area contributed by atoms with Crippen molar-refractivity contribution in [1.82, 2.24) is 20.0 Å². The molecule has 7 nitrogen and oxygen atoms in total. The van der Waals surface area contributed by atoms with Crippen LogP contribution in [0.1, 0.15) is 25.7 Å². The molecule has 0 aromatic carbocycles. The number of rotatable bonds is 7. The van der Waals surface area contributed by atoms with Crippen LogP contribution in [0.2, 0.25) is 0 Å². The minimum Gasteiger partial charge on any atom is -0.492 e. The first-order valence-electron chi connectivity index (χ1n) is 8.22. The lowest BCUT2D eigenvalue weighted by Crippen LogP contribution is -2.35. The van der Waals surface area contributed by atoms with Crippen molar-refractivity contribution < 1.29 is 13.7 Å². The number of hydrogen-bond acceptors (Lipinski definition) is 6. The number of unbranched alkanes of at least 4 members (excludes halogenated alkanes) is 1. The lowest BCUT2D eigenvalue weighted by atomic mass is 10.1. The Morgan fingerprint density at radius 2 is 2.17 bits per heavy atom. The smallest absolute Gasteiger partial charge is 0.439 e. The summed E-state index contributed by atoms with van der Waals surface area (Å²) in [6, 6.07) is 3.49. The molecule has 0 radical (unpaired) electrons. The Balaban J connectivity index is 1.35. The number of H-pyrrole nitrogens is 1. The van der Waals surface area contributed by atoms with Crippen molar-refractivity contribution in [3.05, 3.63) is 28.9 Å². The van der Waals surface area contributed by atoms with E-state index in [9.17, 15) is 9.18 Å². The molecule has 24 heavy (non-hydrogen) atoms. The van der Waals surface area contributed by atoms with Gasteiger partial charge in [-0.1, -0.05) is 5.16 Å². The SMILES string of the molecule is O=c1[nH]c(-c2ccc(OCCCCN3CCC(F)CC3)cn2)no1. The van der Waals surface area contributed by atoms with Gasteiger partial charge in [0.25, 0.3) is 0 Å². The van der Waals surface area contributed by atoms with Crippen LogP contribution in [0.5, 0.6) is 5.75 Å². The molecule has 2 aromatic heterocycles. The van der Waals surface area contributed by atoms with Gasteiger partial charge in [-0.3, -0.25) is 9.51 Å². The van der Waals surface area contributed by atoms with Gasteiger partial charge in [0.1, 0.15) is 17.6 Å². The number of hydrogen-bond donors (Lipinski definition) is 1. The Morgan fingerprint density at radius 1 is 1.33 bits per heavy atom. The van der Waals surface area contributed by atoms with E-state index < -0.39 is 11.9 Å². The molecule has 3 rings (SSSR count). The van der Waals surface area contributed by atoms with E-state index in [0.717, 1.165) is 32.5 Å². The third-order valence-corrected chi connectivity index (χ3v) is 4.07. The highest BCUT2D eigenvalue weighted by molar-refractivity contribution is 5.48. The maximum atomic E-state index is 13.0. The molecule has 1 saturated heterocycles. The first kappa shape index (κ1) is 16.6. The van der Waals surface area contributed by atoms with E-state index >= 15 is 0 Å². The zero-order valence-electron chi connectivity index (χ0n) is 13.4. The quantitative estimate of drug-likeness (QED) is 0.779. The van der Waals surface area contributed by atoms with Gasteiger partial charge in [-0.25, -0.2) is 14.2 Å². The monoisotopic (exact) mass is 336 g/mol. The average molecular weight is 336 g/mol. The highest BCUT2D eigenvalue weighted by Crippen LogP contribution is 2.16. The number of nitrogens with one attached hydrogen (secondary N) is 1. The van der Waals surface area contributed by atoms with Gasteiger partial charge in [-0.05, 0) is 44.4 Å². The third kappa shape index (κ3) is 4.64. The van der Waals surface area contributed by atoms with Crippen LogP contribution in [-0.2, 0) is 0 Å². The molecular weight excluding hydrogens is 315 g/mol. The molecule has 3 heterocycles. The third-order valence-electron chi connectivity index (χ3n) is 4.07. The second kappa shape index (κ2) is 8.05. The van der Waals surface area contributed by atoms with Gasteiger partial charge in [0, 0.05) is 13.1 Å². The summed E-state index contributed by atoms with van der Waals surface area (Å²) in [5, 5.41) is 3.58. The number of nitrogens with zero attached hydrogens (tertiary/aromatic N) is 3. The number of alkyl halides is 1. The second-order valence-corrected chi connectivity index (χ2v) is 5.89. The first-order chi connectivity index (χ1) is 11.7. The van der Waals surface area contributed by atoms with Crippen LogP contribution in [0.4, 0.5) is 4.39 Å². The number of piperidine rings is 1. The molecule has 1 aliphatic rings. The Labute approximate surface area is 138 Å². The minimum atomic E-state index is -0.616. The van der Waals surface area contributed by atoms with Crippen LogP contribution in [0, 0.1) is 0 Å². The van der Waals surface area contributed by atoms with E-state index in [1.807, 2.05) is 0 Å². The molecule has 0 bridgehead atoms. The molecule has 2 aromatic rings. The summed E-state index contributed by atoms with van der Waals surface area (Å²) in [5.74, 6) is 0.356. The van der Waals surface area contributed by atoms with Crippen molar-refractivity contribution >= 4 is 0 Å². The summed E-state index contributed by atoms with van der Waals surface area (Å²) in [6.45, 7) is 3.32. The summed E-state index contributed by atoms with van der Waals surface area (Å²) in [5.41, 5.74) is 0.518. The predicted octanol–water partition coefficient (Wildman–Crippen LogP) is 2.02. The van der Waals surface area contributed by atoms with E-state index in [4.69, 9.17) is 4.74 Å². The normalized spacial score (nSPS) is 16.4. The Hall–Kier alpha value is -2.22. The zero-order valence-corrected chi connectivity index (χ0v) is 13.4. The molecule has 0 amide bonds. The standard InChI is InChI=1S/C16H21FN4O3/c17-12-5-8-21(9-6-12)7-1-2-10-23-13-3-4-14(18-11-13)15-19-16(22)24-20-15/h3-4,11-12H,1-2,5-10H2,(H,19,20,22). The van der Waals surface area contributed by atoms with Gasteiger partial charge in [-0.2, -0.15) is 0 Å². The Bertz CT molecular complexity index is 677. The summed E-state index contributed by atoms with van der Waals surface area (Å²) in [4.78, 5) is 19.8. The van der Waals surface area contributed by atoms with Crippen LogP contribution in [-0.4, -0.2) is 52.4 Å². The van der Waals surface area contributed by atoms with E-state index in [2.05, 4.69) is 24.5 Å². The number of ether oxygens (including phenoxy) is 1. The predicted molar refractivity (Wildman–Crippen MR) is 85.7 cm³/mol. The highest BCUT2D eigenvalue weighted by atomic mass is 19.1. The maximum absolute atomic E-state index is 13.0. The van der Waals surface area contributed by atoms with Crippen LogP contribution in [0.3, 0.4) is 0 Å². The van der Waals surface area contributed by atoms with Crippen molar-refractivity contribution in [1.29, 1.82) is 0 Å². The van der Waals surface area contributed by atoms with E-state index in [-0.39, 0.29) is 0 Å². The molecule has 1 N–H and O–H groups in total. The van der Waals surface area contributed by atoms with Gasteiger partial charge in [0.2, 0.25) is 5.82 Å². The largest absolute Gasteiger partial charge is 0.492 e. The fourth-order valence-corrected chi connectivity index (χ4v) is 2.70. The molecular formula is C16H21FN4O3. The number of halogens is 1. The Morgan fingerprint density at radius 3 is 2.83 bits per heavy atom. The molecule has 130 valence electrons. The van der Waals surface area contributed by atoms with Gasteiger partial charge in [0.15, 0.2) is 0 Å². The summed E-state index contributed by atoms with van der Waals surface area (Å²) >= 11 is 0.